The van der Waals surface area contributed by atoms with E-state index in [-0.39, 0.29) is 0 Å². The predicted octanol–water partition coefficient (Wildman–Crippen LogP) is 2.62. The zero-order valence-electron chi connectivity index (χ0n) is 7.07. The predicted molar refractivity (Wildman–Crippen MR) is 51.5 cm³/mol. The van der Waals surface area contributed by atoms with Gasteiger partial charge in [-0.25, -0.2) is 0 Å². The van der Waals surface area contributed by atoms with Crippen molar-refractivity contribution in [1.82, 2.24) is 0 Å². The van der Waals surface area contributed by atoms with Crippen LogP contribution in [-0.4, -0.2) is 11.7 Å². The van der Waals surface area contributed by atoms with Crippen molar-refractivity contribution in [1.29, 1.82) is 0 Å². The lowest BCUT2D eigenvalue weighted by Crippen LogP contribution is -2.22. The zero-order valence-corrected chi connectivity index (χ0v) is 7.89. The third-order valence-electron chi connectivity index (χ3n) is 2.89. The van der Waals surface area contributed by atoms with E-state index in [1.54, 1.807) is 11.3 Å². The second kappa shape index (κ2) is 3.58. The van der Waals surface area contributed by atoms with Crippen LogP contribution in [0.1, 0.15) is 30.7 Å². The third-order valence-corrected chi connectivity index (χ3v) is 3.59. The number of hydrogen-bond acceptors (Lipinski definition) is 2. The molecule has 1 aliphatic carbocycles. The van der Waals surface area contributed by atoms with Crippen LogP contribution < -0.4 is 0 Å². The summed E-state index contributed by atoms with van der Waals surface area (Å²) < 4.78 is 0. The van der Waals surface area contributed by atoms with Gasteiger partial charge in [0.15, 0.2) is 0 Å². The molecular formula is C10H14OS. The van der Waals surface area contributed by atoms with Gasteiger partial charge >= 0.3 is 0 Å². The Morgan fingerprint density at radius 3 is 2.83 bits per heavy atom. The molecule has 1 heterocycles. The van der Waals surface area contributed by atoms with Crippen molar-refractivity contribution >= 4 is 11.3 Å². The second-order valence-electron chi connectivity index (χ2n) is 3.54. The molecule has 1 aromatic rings. The van der Waals surface area contributed by atoms with Crippen LogP contribution in [0.3, 0.4) is 0 Å². The van der Waals surface area contributed by atoms with E-state index in [0.29, 0.717) is 12.5 Å². The van der Waals surface area contributed by atoms with Crippen LogP contribution in [0.4, 0.5) is 0 Å². The topological polar surface area (TPSA) is 20.2 Å². The molecule has 1 saturated carbocycles. The lowest BCUT2D eigenvalue weighted by molar-refractivity contribution is 0.173. The fourth-order valence-corrected chi connectivity index (χ4v) is 2.58. The molecule has 0 spiro atoms. The van der Waals surface area contributed by atoms with Gasteiger partial charge < -0.3 is 5.11 Å². The molecule has 0 radical (unpaired) electrons. The summed E-state index contributed by atoms with van der Waals surface area (Å²) >= 11 is 1.72. The maximum atomic E-state index is 9.24. The highest BCUT2D eigenvalue weighted by Crippen LogP contribution is 2.39. The molecule has 1 nitrogen and oxygen atoms in total. The highest BCUT2D eigenvalue weighted by atomic mass is 32.1. The Bertz CT molecular complexity index is 226. The summed E-state index contributed by atoms with van der Waals surface area (Å²) in [6, 6.07) is 2.14. The van der Waals surface area contributed by atoms with Crippen molar-refractivity contribution in [3.8, 4) is 0 Å². The van der Waals surface area contributed by atoms with Gasteiger partial charge in [0.1, 0.15) is 0 Å². The van der Waals surface area contributed by atoms with Crippen LogP contribution in [0.2, 0.25) is 0 Å². The largest absolute Gasteiger partial charge is 0.396 e. The smallest absolute Gasteiger partial charge is 0.0502 e. The third kappa shape index (κ3) is 1.41. The van der Waals surface area contributed by atoms with Gasteiger partial charge in [-0.2, -0.15) is 11.3 Å². The lowest BCUT2D eigenvalue weighted by atomic mass is 9.74. The quantitative estimate of drug-likeness (QED) is 0.762. The Morgan fingerprint density at radius 1 is 1.58 bits per heavy atom. The average molecular weight is 182 g/mol. The van der Waals surface area contributed by atoms with E-state index in [1.807, 2.05) is 0 Å². The molecule has 1 N–H and O–H groups in total. The standard InChI is InChI=1S/C10H14OS/c11-6-10(8-2-1-3-8)9-4-5-12-7-9/h4-5,7-8,10-11H,1-3,6H2. The first kappa shape index (κ1) is 8.27. The summed E-state index contributed by atoms with van der Waals surface area (Å²) in [4.78, 5) is 0. The molecule has 2 heteroatoms. The molecule has 1 aliphatic rings. The van der Waals surface area contributed by atoms with Gasteiger partial charge in [0.25, 0.3) is 0 Å². The van der Waals surface area contributed by atoms with Gasteiger partial charge in [-0.3, -0.25) is 0 Å². The molecular weight excluding hydrogens is 168 g/mol. The molecule has 0 saturated heterocycles. The number of aliphatic hydroxyl groups is 1. The average Bonchev–Trinajstić information content (AvgIpc) is 2.47. The Balaban J connectivity index is 2.07. The highest BCUT2D eigenvalue weighted by molar-refractivity contribution is 7.07. The molecule has 0 bridgehead atoms. The Kier molecular flexibility index (Phi) is 2.47. The van der Waals surface area contributed by atoms with Crippen molar-refractivity contribution in [2.75, 3.05) is 6.61 Å². The first-order valence-corrected chi connectivity index (χ1v) is 5.49. The number of aliphatic hydroxyl groups excluding tert-OH is 1. The number of rotatable bonds is 3. The van der Waals surface area contributed by atoms with E-state index >= 15 is 0 Å². The van der Waals surface area contributed by atoms with Gasteiger partial charge in [-0.15, -0.1) is 0 Å². The van der Waals surface area contributed by atoms with Crippen molar-refractivity contribution in [2.24, 2.45) is 5.92 Å². The van der Waals surface area contributed by atoms with E-state index in [2.05, 4.69) is 16.8 Å². The molecule has 1 aromatic heterocycles. The molecule has 12 heavy (non-hydrogen) atoms. The van der Waals surface area contributed by atoms with Crippen molar-refractivity contribution in [2.45, 2.75) is 25.2 Å². The van der Waals surface area contributed by atoms with Crippen LogP contribution in [0.15, 0.2) is 16.8 Å². The van der Waals surface area contributed by atoms with Crippen molar-refractivity contribution in [3.63, 3.8) is 0 Å². The van der Waals surface area contributed by atoms with Crippen LogP contribution in [0.5, 0.6) is 0 Å². The van der Waals surface area contributed by atoms with Crippen molar-refractivity contribution in [3.05, 3.63) is 22.4 Å². The molecule has 1 atom stereocenters. The molecule has 1 unspecified atom stereocenters. The molecule has 1 fully saturated rings. The first-order chi connectivity index (χ1) is 5.92. The summed E-state index contributed by atoms with van der Waals surface area (Å²) in [5.74, 6) is 1.18. The lowest BCUT2D eigenvalue weighted by Gasteiger charge is -2.32. The maximum absolute atomic E-state index is 9.24. The van der Waals surface area contributed by atoms with E-state index in [9.17, 15) is 5.11 Å². The summed E-state index contributed by atoms with van der Waals surface area (Å²) in [7, 11) is 0. The number of thiophene rings is 1. The van der Waals surface area contributed by atoms with Crippen LogP contribution in [0, 0.1) is 5.92 Å². The van der Waals surface area contributed by atoms with E-state index in [0.717, 1.165) is 5.92 Å². The van der Waals surface area contributed by atoms with E-state index < -0.39 is 0 Å². The highest BCUT2D eigenvalue weighted by Gasteiger charge is 2.27. The summed E-state index contributed by atoms with van der Waals surface area (Å²) in [6.45, 7) is 0.321. The fourth-order valence-electron chi connectivity index (χ4n) is 1.85. The molecule has 0 amide bonds. The molecule has 66 valence electrons. The summed E-state index contributed by atoms with van der Waals surface area (Å²) in [5.41, 5.74) is 1.34. The van der Waals surface area contributed by atoms with Gasteiger partial charge in [0.05, 0.1) is 6.61 Å². The van der Waals surface area contributed by atoms with E-state index in [4.69, 9.17) is 0 Å². The van der Waals surface area contributed by atoms with Gasteiger partial charge in [0, 0.05) is 5.92 Å². The van der Waals surface area contributed by atoms with Crippen LogP contribution in [0.25, 0.3) is 0 Å². The van der Waals surface area contributed by atoms with Crippen molar-refractivity contribution < 1.29 is 5.11 Å². The SMILES string of the molecule is OCC(c1ccsc1)C1CCC1. The van der Waals surface area contributed by atoms with Crippen LogP contribution in [-0.2, 0) is 0 Å². The maximum Gasteiger partial charge on any atom is 0.0502 e. The van der Waals surface area contributed by atoms with Gasteiger partial charge in [-0.1, -0.05) is 6.42 Å². The fraction of sp³-hybridized carbons (Fsp3) is 0.600. The molecule has 0 aromatic carbocycles. The minimum Gasteiger partial charge on any atom is -0.396 e. The minimum absolute atomic E-state index is 0.321. The summed E-state index contributed by atoms with van der Waals surface area (Å²) in [6.07, 6.45) is 3.97. The van der Waals surface area contributed by atoms with E-state index in [1.165, 1.54) is 24.8 Å². The minimum atomic E-state index is 0.321. The number of hydrogen-bond donors (Lipinski definition) is 1. The zero-order chi connectivity index (χ0) is 8.39. The van der Waals surface area contributed by atoms with Gasteiger partial charge in [0.2, 0.25) is 0 Å². The monoisotopic (exact) mass is 182 g/mol. The molecule has 2 rings (SSSR count). The Hall–Kier alpha value is -0.340. The Labute approximate surface area is 77.0 Å². The van der Waals surface area contributed by atoms with Gasteiger partial charge in [-0.05, 0) is 41.1 Å². The van der Waals surface area contributed by atoms with Crippen LogP contribution >= 0.6 is 11.3 Å². The molecule has 0 aliphatic heterocycles. The normalized spacial score (nSPS) is 20.4. The first-order valence-electron chi connectivity index (χ1n) is 4.55. The Morgan fingerprint density at radius 2 is 2.42 bits per heavy atom. The summed E-state index contributed by atoms with van der Waals surface area (Å²) in [5, 5.41) is 13.5. The second-order valence-corrected chi connectivity index (χ2v) is 4.32.